The first-order chi connectivity index (χ1) is 7.14. The third kappa shape index (κ3) is 6.36. The minimum atomic E-state index is -3.76. The number of nitrogens with one attached hydrogen (secondary N) is 1. The number of sulfonamides is 1. The van der Waals surface area contributed by atoms with Crippen LogP contribution >= 0.6 is 0 Å². The zero-order valence-corrected chi connectivity index (χ0v) is 9.82. The molecule has 94 valence electrons. The van der Waals surface area contributed by atoms with Crippen molar-refractivity contribution in [3.05, 3.63) is 0 Å². The van der Waals surface area contributed by atoms with Crippen LogP contribution in [0.15, 0.2) is 0 Å². The standard InChI is InChI=1S/C8H15NO6S/c1-5(2)4-16(14,15)9-6(8(12)13)3-7(10)11/h5-6,9H,3-4H2,1-2H3,(H,10,11)(H,12,13)/t6-/m1/s1. The van der Waals surface area contributed by atoms with E-state index >= 15 is 0 Å². The van der Waals surface area contributed by atoms with Crippen LogP contribution < -0.4 is 4.72 Å². The van der Waals surface area contributed by atoms with Crippen molar-refractivity contribution < 1.29 is 28.2 Å². The van der Waals surface area contributed by atoms with Crippen molar-refractivity contribution in [1.82, 2.24) is 4.72 Å². The summed E-state index contributed by atoms with van der Waals surface area (Å²) in [4.78, 5) is 20.9. The summed E-state index contributed by atoms with van der Waals surface area (Å²) in [6.07, 6.45) is -0.785. The van der Waals surface area contributed by atoms with Crippen LogP contribution in [0.25, 0.3) is 0 Å². The van der Waals surface area contributed by atoms with E-state index in [1.165, 1.54) is 0 Å². The third-order valence-corrected chi connectivity index (χ3v) is 3.30. The number of hydrogen-bond donors (Lipinski definition) is 3. The van der Waals surface area contributed by atoms with Crippen LogP contribution in [0.2, 0.25) is 0 Å². The van der Waals surface area contributed by atoms with Crippen LogP contribution in [0.5, 0.6) is 0 Å². The molecular formula is C8H15NO6S. The minimum absolute atomic E-state index is 0.170. The summed E-state index contributed by atoms with van der Waals surface area (Å²) in [5.41, 5.74) is 0. The lowest BCUT2D eigenvalue weighted by Gasteiger charge is -2.13. The largest absolute Gasteiger partial charge is 0.481 e. The normalized spacial score (nSPS) is 13.7. The van der Waals surface area contributed by atoms with Crippen molar-refractivity contribution in [1.29, 1.82) is 0 Å². The Bertz CT molecular complexity index is 361. The predicted molar refractivity (Wildman–Crippen MR) is 55.4 cm³/mol. The minimum Gasteiger partial charge on any atom is -0.481 e. The van der Waals surface area contributed by atoms with E-state index in [4.69, 9.17) is 10.2 Å². The molecule has 3 N–H and O–H groups in total. The number of carbonyl (C=O) groups is 2. The molecule has 0 saturated carbocycles. The van der Waals surface area contributed by atoms with Crippen LogP contribution in [0.3, 0.4) is 0 Å². The van der Waals surface area contributed by atoms with Gasteiger partial charge in [-0.3, -0.25) is 9.59 Å². The van der Waals surface area contributed by atoms with Gasteiger partial charge in [0.25, 0.3) is 0 Å². The Hall–Kier alpha value is -1.15. The van der Waals surface area contributed by atoms with E-state index in [2.05, 4.69) is 0 Å². The molecule has 0 aromatic carbocycles. The molecule has 8 heteroatoms. The second-order valence-corrected chi connectivity index (χ2v) is 5.58. The molecule has 0 bridgehead atoms. The van der Waals surface area contributed by atoms with Gasteiger partial charge < -0.3 is 10.2 Å². The maximum atomic E-state index is 11.4. The monoisotopic (exact) mass is 253 g/mol. The van der Waals surface area contributed by atoms with Gasteiger partial charge in [-0.05, 0) is 5.92 Å². The highest BCUT2D eigenvalue weighted by atomic mass is 32.2. The van der Waals surface area contributed by atoms with Crippen LogP contribution in [-0.4, -0.2) is 42.4 Å². The predicted octanol–water partition coefficient (Wildman–Crippen LogP) is -0.510. The Kier molecular flexibility index (Phi) is 5.39. The van der Waals surface area contributed by atoms with Gasteiger partial charge in [0.1, 0.15) is 6.04 Å². The first-order valence-corrected chi connectivity index (χ1v) is 6.24. The molecule has 0 rings (SSSR count). The Morgan fingerprint density at radius 1 is 1.25 bits per heavy atom. The van der Waals surface area contributed by atoms with E-state index < -0.39 is 34.4 Å². The van der Waals surface area contributed by atoms with Crippen molar-refractivity contribution in [2.24, 2.45) is 5.92 Å². The quantitative estimate of drug-likeness (QED) is 0.562. The van der Waals surface area contributed by atoms with E-state index in [0.717, 1.165) is 0 Å². The molecule has 7 nitrogen and oxygen atoms in total. The number of aliphatic carboxylic acids is 2. The fourth-order valence-corrected chi connectivity index (χ4v) is 2.65. The maximum Gasteiger partial charge on any atom is 0.322 e. The molecule has 0 amide bonds. The summed E-state index contributed by atoms with van der Waals surface area (Å²) >= 11 is 0. The molecule has 0 aliphatic carbocycles. The molecule has 0 spiro atoms. The van der Waals surface area contributed by atoms with Gasteiger partial charge in [-0.25, -0.2) is 13.1 Å². The zero-order valence-electron chi connectivity index (χ0n) is 9.00. The first kappa shape index (κ1) is 14.8. The summed E-state index contributed by atoms with van der Waals surface area (Å²) < 4.78 is 24.6. The van der Waals surface area contributed by atoms with Crippen molar-refractivity contribution in [2.45, 2.75) is 26.3 Å². The number of hydrogen-bond acceptors (Lipinski definition) is 4. The summed E-state index contributed by atoms with van der Waals surface area (Å²) in [6.45, 7) is 3.32. The van der Waals surface area contributed by atoms with Crippen molar-refractivity contribution >= 4 is 22.0 Å². The van der Waals surface area contributed by atoms with Crippen molar-refractivity contribution in [2.75, 3.05) is 5.75 Å². The average molecular weight is 253 g/mol. The van der Waals surface area contributed by atoms with Crippen LogP contribution in [0, 0.1) is 5.92 Å². The number of carboxylic acids is 2. The SMILES string of the molecule is CC(C)CS(=O)(=O)N[C@H](CC(=O)O)C(=O)O. The summed E-state index contributed by atoms with van der Waals surface area (Å²) in [6, 6.07) is -1.62. The van der Waals surface area contributed by atoms with Gasteiger partial charge >= 0.3 is 11.9 Å². The molecule has 0 unspecified atom stereocenters. The molecule has 0 heterocycles. The Morgan fingerprint density at radius 3 is 2.06 bits per heavy atom. The molecule has 0 saturated heterocycles. The third-order valence-electron chi connectivity index (χ3n) is 1.55. The highest BCUT2D eigenvalue weighted by Crippen LogP contribution is 2.01. The van der Waals surface area contributed by atoms with Gasteiger partial charge in [0, 0.05) is 0 Å². The fraction of sp³-hybridized carbons (Fsp3) is 0.750. The molecule has 0 radical (unpaired) electrons. The topological polar surface area (TPSA) is 121 Å². The molecule has 0 aliphatic heterocycles. The lowest BCUT2D eigenvalue weighted by molar-refractivity contribution is -0.145. The van der Waals surface area contributed by atoms with E-state index in [-0.39, 0.29) is 11.7 Å². The molecular weight excluding hydrogens is 238 g/mol. The molecule has 1 atom stereocenters. The van der Waals surface area contributed by atoms with Crippen LogP contribution in [-0.2, 0) is 19.6 Å². The smallest absolute Gasteiger partial charge is 0.322 e. The Labute approximate surface area is 93.5 Å². The lowest BCUT2D eigenvalue weighted by Crippen LogP contribution is -2.43. The van der Waals surface area contributed by atoms with Gasteiger partial charge in [-0.1, -0.05) is 13.8 Å². The summed E-state index contributed by atoms with van der Waals surface area (Å²) in [7, 11) is -3.76. The second kappa shape index (κ2) is 5.80. The Morgan fingerprint density at radius 2 is 1.75 bits per heavy atom. The summed E-state index contributed by atoms with van der Waals surface area (Å²) in [5.74, 6) is -3.29. The van der Waals surface area contributed by atoms with E-state index in [1.54, 1.807) is 13.8 Å². The van der Waals surface area contributed by atoms with Crippen LogP contribution in [0.1, 0.15) is 20.3 Å². The van der Waals surface area contributed by atoms with Gasteiger partial charge in [0.2, 0.25) is 10.0 Å². The van der Waals surface area contributed by atoms with Crippen molar-refractivity contribution in [3.63, 3.8) is 0 Å². The second-order valence-electron chi connectivity index (χ2n) is 3.78. The highest BCUT2D eigenvalue weighted by molar-refractivity contribution is 7.89. The number of carboxylic acid groups (broad SMARTS) is 2. The Balaban J connectivity index is 4.63. The van der Waals surface area contributed by atoms with E-state index in [1.807, 2.05) is 4.72 Å². The average Bonchev–Trinajstić information content (AvgIpc) is 1.98. The van der Waals surface area contributed by atoms with Gasteiger partial charge in [0.05, 0.1) is 12.2 Å². The maximum absolute atomic E-state index is 11.4. The lowest BCUT2D eigenvalue weighted by atomic mass is 10.2. The molecule has 0 aromatic heterocycles. The number of rotatable bonds is 7. The molecule has 16 heavy (non-hydrogen) atoms. The molecule has 0 fully saturated rings. The van der Waals surface area contributed by atoms with E-state index in [0.29, 0.717) is 0 Å². The molecule has 0 aromatic rings. The van der Waals surface area contributed by atoms with Gasteiger partial charge in [0.15, 0.2) is 0 Å². The van der Waals surface area contributed by atoms with Gasteiger partial charge in [-0.15, -0.1) is 0 Å². The molecule has 0 aliphatic rings. The van der Waals surface area contributed by atoms with Crippen molar-refractivity contribution in [3.8, 4) is 0 Å². The fourth-order valence-electron chi connectivity index (χ4n) is 1.06. The summed E-state index contributed by atoms with van der Waals surface area (Å²) in [5, 5.41) is 17.0. The zero-order chi connectivity index (χ0) is 12.9. The highest BCUT2D eigenvalue weighted by Gasteiger charge is 2.26. The van der Waals surface area contributed by atoms with Crippen LogP contribution in [0.4, 0.5) is 0 Å². The van der Waals surface area contributed by atoms with E-state index in [9.17, 15) is 18.0 Å². The van der Waals surface area contributed by atoms with Gasteiger partial charge in [-0.2, -0.15) is 0 Å². The first-order valence-electron chi connectivity index (χ1n) is 4.58.